The second kappa shape index (κ2) is 12.5. The van der Waals surface area contributed by atoms with Crippen molar-refractivity contribution in [2.24, 2.45) is 5.92 Å². The van der Waals surface area contributed by atoms with E-state index in [1.807, 2.05) is 29.2 Å². The van der Waals surface area contributed by atoms with Crippen LogP contribution in [0.15, 0.2) is 67.0 Å². The summed E-state index contributed by atoms with van der Waals surface area (Å²) in [5.74, 6) is 1.84. The van der Waals surface area contributed by atoms with Crippen molar-refractivity contribution in [3.8, 4) is 11.5 Å². The van der Waals surface area contributed by atoms with E-state index in [0.29, 0.717) is 18.7 Å². The molecule has 0 spiro atoms. The Morgan fingerprint density at radius 2 is 1.79 bits per heavy atom. The summed E-state index contributed by atoms with van der Waals surface area (Å²) in [5.41, 5.74) is 2.99. The maximum atomic E-state index is 12.9. The Labute approximate surface area is 229 Å². The highest BCUT2D eigenvalue weighted by molar-refractivity contribution is 6.33. The molecule has 2 aliphatic rings. The van der Waals surface area contributed by atoms with E-state index in [1.165, 1.54) is 5.56 Å². The number of amides is 1. The van der Waals surface area contributed by atoms with Gasteiger partial charge in [0.2, 0.25) is 0 Å². The second-order valence-corrected chi connectivity index (χ2v) is 10.4. The Bertz CT molecular complexity index is 1220. The summed E-state index contributed by atoms with van der Waals surface area (Å²) in [6.07, 6.45) is 5.34. The van der Waals surface area contributed by atoms with Crippen LogP contribution in [0.5, 0.6) is 11.5 Å². The Balaban J connectivity index is 1.16. The van der Waals surface area contributed by atoms with Gasteiger partial charge in [-0.15, -0.1) is 0 Å². The molecular formula is C30H35ClN4O3. The van der Waals surface area contributed by atoms with Crippen molar-refractivity contribution in [1.29, 1.82) is 0 Å². The van der Waals surface area contributed by atoms with Gasteiger partial charge in [-0.2, -0.15) is 0 Å². The van der Waals surface area contributed by atoms with E-state index in [2.05, 4.69) is 33.0 Å². The van der Waals surface area contributed by atoms with E-state index in [1.54, 1.807) is 31.6 Å². The van der Waals surface area contributed by atoms with E-state index in [9.17, 15) is 4.79 Å². The van der Waals surface area contributed by atoms with Crippen LogP contribution in [0.25, 0.3) is 0 Å². The Hall–Kier alpha value is -3.29. The molecule has 2 aliphatic heterocycles. The average Bonchev–Trinajstić information content (AvgIpc) is 2.97. The summed E-state index contributed by atoms with van der Waals surface area (Å²) in [5, 5.41) is 0.806. The lowest BCUT2D eigenvalue weighted by molar-refractivity contribution is 0.0631. The number of hydrogen-bond donors (Lipinski definition) is 0. The third-order valence-electron chi connectivity index (χ3n) is 7.41. The minimum Gasteiger partial charge on any atom is -0.493 e. The molecule has 1 amide bonds. The molecule has 0 N–H and O–H groups in total. The number of carbonyl (C=O) groups excluding carboxylic acids is 1. The van der Waals surface area contributed by atoms with Crippen molar-refractivity contribution >= 4 is 23.2 Å². The zero-order chi connectivity index (χ0) is 26.3. The zero-order valence-electron chi connectivity index (χ0n) is 21.9. The quantitative estimate of drug-likeness (QED) is 0.405. The second-order valence-electron chi connectivity index (χ2n) is 10.0. The summed E-state index contributed by atoms with van der Waals surface area (Å²) >= 11 is 6.40. The predicted molar refractivity (Wildman–Crippen MR) is 150 cm³/mol. The fraction of sp³-hybridized carbons (Fsp3) is 0.400. The lowest BCUT2D eigenvalue weighted by Crippen LogP contribution is -2.46. The summed E-state index contributed by atoms with van der Waals surface area (Å²) < 4.78 is 11.9. The number of halogens is 1. The minimum atomic E-state index is 0.0614. The maximum absolute atomic E-state index is 12.9. The number of para-hydroxylation sites is 1. The third-order valence-corrected chi connectivity index (χ3v) is 7.73. The van der Waals surface area contributed by atoms with Crippen molar-refractivity contribution in [3.05, 3.63) is 83.1 Å². The Morgan fingerprint density at radius 3 is 2.55 bits per heavy atom. The van der Waals surface area contributed by atoms with E-state index in [4.69, 9.17) is 21.1 Å². The van der Waals surface area contributed by atoms with Gasteiger partial charge in [-0.3, -0.25) is 14.7 Å². The smallest absolute Gasteiger partial charge is 0.253 e. The van der Waals surface area contributed by atoms with Gasteiger partial charge in [-0.05, 0) is 54.8 Å². The number of benzene rings is 2. The average molecular weight is 535 g/mol. The molecule has 1 unspecified atom stereocenters. The number of rotatable bonds is 8. The first kappa shape index (κ1) is 26.3. The Morgan fingerprint density at radius 1 is 1.00 bits per heavy atom. The number of likely N-dealkylation sites (tertiary alicyclic amines) is 1. The fourth-order valence-corrected chi connectivity index (χ4v) is 5.57. The van der Waals surface area contributed by atoms with Gasteiger partial charge >= 0.3 is 0 Å². The molecule has 2 saturated heterocycles. The van der Waals surface area contributed by atoms with Crippen molar-refractivity contribution in [2.75, 3.05) is 57.9 Å². The maximum Gasteiger partial charge on any atom is 0.253 e. The monoisotopic (exact) mass is 534 g/mol. The van der Waals surface area contributed by atoms with Crippen LogP contribution in [-0.4, -0.2) is 73.7 Å². The van der Waals surface area contributed by atoms with Crippen molar-refractivity contribution in [3.63, 3.8) is 0 Å². The van der Waals surface area contributed by atoms with Crippen molar-refractivity contribution in [1.82, 2.24) is 14.8 Å². The van der Waals surface area contributed by atoms with Crippen LogP contribution in [-0.2, 0) is 6.54 Å². The lowest BCUT2D eigenvalue weighted by Gasteiger charge is -2.36. The summed E-state index contributed by atoms with van der Waals surface area (Å²) in [4.78, 5) is 23.7. The SMILES string of the molecule is COc1ccc(CN2CCN(c3ccccc3Cl)CC2)cc1OCC1CCCN(C(=O)c2ccncc2)C1. The molecule has 8 heteroatoms. The van der Waals surface area contributed by atoms with Gasteiger partial charge < -0.3 is 19.3 Å². The highest BCUT2D eigenvalue weighted by Crippen LogP contribution is 2.31. The van der Waals surface area contributed by atoms with Gasteiger partial charge in [0.15, 0.2) is 11.5 Å². The molecule has 3 heterocycles. The molecule has 0 aliphatic carbocycles. The molecule has 7 nitrogen and oxygen atoms in total. The molecule has 0 radical (unpaired) electrons. The predicted octanol–water partition coefficient (Wildman–Crippen LogP) is 5.00. The van der Waals surface area contributed by atoms with Gasteiger partial charge in [-0.25, -0.2) is 0 Å². The third kappa shape index (κ3) is 6.40. The molecule has 38 heavy (non-hydrogen) atoms. The number of aromatic nitrogens is 1. The van der Waals surface area contributed by atoms with Crippen LogP contribution in [0.3, 0.4) is 0 Å². The van der Waals surface area contributed by atoms with Crippen LogP contribution >= 0.6 is 11.6 Å². The van der Waals surface area contributed by atoms with E-state index in [0.717, 1.165) is 74.3 Å². The van der Waals surface area contributed by atoms with Crippen LogP contribution < -0.4 is 14.4 Å². The van der Waals surface area contributed by atoms with Gasteiger partial charge in [0, 0.05) is 69.7 Å². The lowest BCUT2D eigenvalue weighted by atomic mass is 9.98. The van der Waals surface area contributed by atoms with Gasteiger partial charge in [0.25, 0.3) is 5.91 Å². The summed E-state index contributed by atoms with van der Waals surface area (Å²) in [6.45, 7) is 6.71. The molecule has 1 atom stereocenters. The van der Waals surface area contributed by atoms with Crippen LogP contribution in [0.2, 0.25) is 5.02 Å². The number of methoxy groups -OCH3 is 1. The highest BCUT2D eigenvalue weighted by Gasteiger charge is 2.25. The van der Waals surface area contributed by atoms with E-state index < -0.39 is 0 Å². The first-order valence-corrected chi connectivity index (χ1v) is 13.7. The van der Waals surface area contributed by atoms with Crippen LogP contribution in [0, 0.1) is 5.92 Å². The normalized spacial score (nSPS) is 18.3. The Kier molecular flexibility index (Phi) is 8.66. The standard InChI is InChI=1S/C30H35ClN4O3/c1-37-28-9-8-23(20-33-15-17-34(18-16-33)27-7-3-2-6-26(27)31)19-29(28)38-22-24-5-4-14-35(21-24)30(36)25-10-12-32-13-11-25/h2-3,6-13,19,24H,4-5,14-18,20-22H2,1H3. The van der Waals surface area contributed by atoms with E-state index in [-0.39, 0.29) is 11.8 Å². The number of pyridine rings is 1. The van der Waals surface area contributed by atoms with E-state index >= 15 is 0 Å². The highest BCUT2D eigenvalue weighted by atomic mass is 35.5. The molecular weight excluding hydrogens is 500 g/mol. The number of carbonyl (C=O) groups is 1. The molecule has 5 rings (SSSR count). The molecule has 2 aromatic carbocycles. The fourth-order valence-electron chi connectivity index (χ4n) is 5.32. The minimum absolute atomic E-state index is 0.0614. The summed E-state index contributed by atoms with van der Waals surface area (Å²) in [7, 11) is 1.67. The topological polar surface area (TPSA) is 58.1 Å². The van der Waals surface area contributed by atoms with Gasteiger partial charge in [0.1, 0.15) is 0 Å². The van der Waals surface area contributed by atoms with Crippen molar-refractivity contribution in [2.45, 2.75) is 19.4 Å². The van der Waals surface area contributed by atoms with Crippen molar-refractivity contribution < 1.29 is 14.3 Å². The summed E-state index contributed by atoms with van der Waals surface area (Å²) in [6, 6.07) is 17.8. The number of nitrogens with zero attached hydrogens (tertiary/aromatic N) is 4. The number of piperidine rings is 1. The number of piperazine rings is 1. The molecule has 0 bridgehead atoms. The molecule has 3 aromatic rings. The van der Waals surface area contributed by atoms with Crippen LogP contribution in [0.1, 0.15) is 28.8 Å². The molecule has 0 saturated carbocycles. The van der Waals surface area contributed by atoms with Crippen LogP contribution in [0.4, 0.5) is 5.69 Å². The number of hydrogen-bond acceptors (Lipinski definition) is 6. The first-order valence-electron chi connectivity index (χ1n) is 13.3. The zero-order valence-corrected chi connectivity index (χ0v) is 22.6. The largest absolute Gasteiger partial charge is 0.493 e. The van der Waals surface area contributed by atoms with Gasteiger partial charge in [0.05, 0.1) is 24.4 Å². The first-order chi connectivity index (χ1) is 18.6. The molecule has 2 fully saturated rings. The molecule has 200 valence electrons. The molecule has 1 aromatic heterocycles. The number of anilines is 1. The number of ether oxygens (including phenoxy) is 2. The van der Waals surface area contributed by atoms with Gasteiger partial charge in [-0.1, -0.05) is 29.8 Å².